The molecule has 2 N–H and O–H groups in total. The number of nitrogens with zero attached hydrogens (tertiary/aromatic N) is 1. The van der Waals surface area contributed by atoms with E-state index in [4.69, 9.17) is 0 Å². The topological polar surface area (TPSA) is 54.0 Å². The van der Waals surface area contributed by atoms with E-state index in [0.717, 1.165) is 31.6 Å². The van der Waals surface area contributed by atoms with Crippen molar-refractivity contribution in [3.63, 3.8) is 0 Å². The Morgan fingerprint density at radius 3 is 3.00 bits per heavy atom. The van der Waals surface area contributed by atoms with Crippen LogP contribution < -0.4 is 10.6 Å². The van der Waals surface area contributed by atoms with Crippen LogP contribution in [0, 0.1) is 5.92 Å². The van der Waals surface area contributed by atoms with Gasteiger partial charge in [0.2, 0.25) is 5.91 Å². The highest BCUT2D eigenvalue weighted by atomic mass is 16.1. The average Bonchev–Trinajstić information content (AvgIpc) is 2.47. The van der Waals surface area contributed by atoms with Crippen molar-refractivity contribution in [2.24, 2.45) is 5.92 Å². The van der Waals surface area contributed by atoms with Gasteiger partial charge in [0, 0.05) is 30.4 Å². The summed E-state index contributed by atoms with van der Waals surface area (Å²) in [5, 5.41) is 6.34. The molecule has 0 aromatic carbocycles. The first-order chi connectivity index (χ1) is 9.09. The van der Waals surface area contributed by atoms with Crippen molar-refractivity contribution in [2.75, 3.05) is 19.6 Å². The summed E-state index contributed by atoms with van der Waals surface area (Å²) in [6, 6.07) is 5.90. The van der Waals surface area contributed by atoms with Crippen LogP contribution in [0.2, 0.25) is 0 Å². The maximum Gasteiger partial charge on any atom is 0.224 e. The Morgan fingerprint density at radius 1 is 1.53 bits per heavy atom. The summed E-state index contributed by atoms with van der Waals surface area (Å²) in [6.07, 6.45) is 3.87. The Labute approximate surface area is 115 Å². The second kappa shape index (κ2) is 6.15. The fourth-order valence-electron chi connectivity index (χ4n) is 2.38. The number of carbonyl (C=O) groups excluding carboxylic acids is 1. The lowest BCUT2D eigenvalue weighted by molar-refractivity contribution is -0.125. The molecule has 1 fully saturated rings. The molecule has 19 heavy (non-hydrogen) atoms. The van der Waals surface area contributed by atoms with Gasteiger partial charge in [-0.05, 0) is 31.5 Å². The molecular weight excluding hydrogens is 238 g/mol. The molecular formula is C15H23N3O. The first-order valence-electron chi connectivity index (χ1n) is 6.99. The van der Waals surface area contributed by atoms with Crippen molar-refractivity contribution >= 4 is 5.91 Å². The van der Waals surface area contributed by atoms with Gasteiger partial charge in [-0.25, -0.2) is 0 Å². The standard InChI is InChI=1S/C15H23N3O/c1-15(2,13-7-3-4-9-17-13)11-18-14(19)12-6-5-8-16-10-12/h3-4,7,9,12,16H,5-6,8,10-11H2,1-2H3,(H,18,19). The molecule has 1 saturated heterocycles. The molecule has 0 bridgehead atoms. The summed E-state index contributed by atoms with van der Waals surface area (Å²) in [5.41, 5.74) is 0.871. The zero-order valence-corrected chi connectivity index (χ0v) is 11.8. The molecule has 1 aromatic heterocycles. The second-order valence-electron chi connectivity index (χ2n) is 5.86. The first kappa shape index (κ1) is 14.0. The third-order valence-electron chi connectivity index (χ3n) is 3.73. The Morgan fingerprint density at radius 2 is 2.37 bits per heavy atom. The molecule has 1 aromatic rings. The van der Waals surface area contributed by atoms with Gasteiger partial charge in [-0.15, -0.1) is 0 Å². The van der Waals surface area contributed by atoms with Crippen LogP contribution in [-0.2, 0) is 10.2 Å². The predicted octanol–water partition coefficient (Wildman–Crippen LogP) is 1.47. The quantitative estimate of drug-likeness (QED) is 0.863. The van der Waals surface area contributed by atoms with Crippen LogP contribution in [0.1, 0.15) is 32.4 Å². The van der Waals surface area contributed by atoms with Crippen molar-refractivity contribution in [1.29, 1.82) is 0 Å². The molecule has 104 valence electrons. The van der Waals surface area contributed by atoms with Crippen LogP contribution in [-0.4, -0.2) is 30.5 Å². The van der Waals surface area contributed by atoms with Crippen molar-refractivity contribution < 1.29 is 4.79 Å². The van der Waals surface area contributed by atoms with Gasteiger partial charge in [0.25, 0.3) is 0 Å². The van der Waals surface area contributed by atoms with Crippen LogP contribution in [0.25, 0.3) is 0 Å². The number of piperidine rings is 1. The van der Waals surface area contributed by atoms with Crippen LogP contribution >= 0.6 is 0 Å². The Kier molecular flexibility index (Phi) is 4.53. The minimum absolute atomic E-state index is 0.119. The van der Waals surface area contributed by atoms with E-state index in [-0.39, 0.29) is 17.2 Å². The van der Waals surface area contributed by atoms with E-state index in [1.165, 1.54) is 0 Å². The van der Waals surface area contributed by atoms with Crippen LogP contribution in [0.4, 0.5) is 0 Å². The number of pyridine rings is 1. The fourth-order valence-corrected chi connectivity index (χ4v) is 2.38. The molecule has 4 heteroatoms. The highest BCUT2D eigenvalue weighted by molar-refractivity contribution is 5.79. The van der Waals surface area contributed by atoms with E-state index in [1.807, 2.05) is 18.2 Å². The Bertz CT molecular complexity index is 411. The highest BCUT2D eigenvalue weighted by Gasteiger charge is 2.26. The SMILES string of the molecule is CC(C)(CNC(=O)C1CCCNC1)c1ccccn1. The molecule has 0 saturated carbocycles. The van der Waals surface area contributed by atoms with Crippen LogP contribution in [0.3, 0.4) is 0 Å². The lowest BCUT2D eigenvalue weighted by Gasteiger charge is -2.27. The molecule has 1 atom stereocenters. The number of amides is 1. The summed E-state index contributed by atoms with van der Waals surface area (Å²) >= 11 is 0. The zero-order chi connectivity index (χ0) is 13.7. The minimum atomic E-state index is -0.140. The van der Waals surface area contributed by atoms with Gasteiger partial charge in [-0.1, -0.05) is 19.9 Å². The largest absolute Gasteiger partial charge is 0.355 e. The molecule has 0 aliphatic carbocycles. The second-order valence-corrected chi connectivity index (χ2v) is 5.86. The predicted molar refractivity (Wildman–Crippen MR) is 75.9 cm³/mol. The highest BCUT2D eigenvalue weighted by Crippen LogP contribution is 2.20. The number of hydrogen-bond donors (Lipinski definition) is 2. The maximum absolute atomic E-state index is 12.1. The minimum Gasteiger partial charge on any atom is -0.355 e. The van der Waals surface area contributed by atoms with Crippen LogP contribution in [0.5, 0.6) is 0 Å². The first-order valence-corrected chi connectivity index (χ1v) is 6.99. The molecule has 2 heterocycles. The number of nitrogens with one attached hydrogen (secondary N) is 2. The third-order valence-corrected chi connectivity index (χ3v) is 3.73. The van der Waals surface area contributed by atoms with Crippen molar-refractivity contribution in [1.82, 2.24) is 15.6 Å². The monoisotopic (exact) mass is 261 g/mol. The number of hydrogen-bond acceptors (Lipinski definition) is 3. The van der Waals surface area contributed by atoms with E-state index < -0.39 is 0 Å². The fraction of sp³-hybridized carbons (Fsp3) is 0.600. The Balaban J connectivity index is 1.88. The van der Waals surface area contributed by atoms with Crippen LogP contribution in [0.15, 0.2) is 24.4 Å². The lowest BCUT2D eigenvalue weighted by atomic mass is 9.88. The summed E-state index contributed by atoms with van der Waals surface area (Å²) in [7, 11) is 0. The van der Waals surface area contributed by atoms with Gasteiger partial charge in [0.1, 0.15) is 0 Å². The van der Waals surface area contributed by atoms with Crippen molar-refractivity contribution in [2.45, 2.75) is 32.1 Å². The van der Waals surface area contributed by atoms with Gasteiger partial charge in [-0.3, -0.25) is 9.78 Å². The molecule has 1 aliphatic rings. The Hall–Kier alpha value is -1.42. The summed E-state index contributed by atoms with van der Waals surface area (Å²) in [6.45, 7) is 6.67. The smallest absolute Gasteiger partial charge is 0.224 e. The molecule has 4 nitrogen and oxygen atoms in total. The van der Waals surface area contributed by atoms with Crippen molar-refractivity contribution in [3.8, 4) is 0 Å². The number of rotatable bonds is 4. The van der Waals surface area contributed by atoms with Gasteiger partial charge < -0.3 is 10.6 Å². The van der Waals surface area contributed by atoms with E-state index in [1.54, 1.807) is 6.20 Å². The molecule has 1 unspecified atom stereocenters. The normalized spacial score (nSPS) is 20.0. The summed E-state index contributed by atoms with van der Waals surface area (Å²) in [5.74, 6) is 0.282. The molecule has 1 amide bonds. The van der Waals surface area contributed by atoms with E-state index in [0.29, 0.717) is 6.54 Å². The third kappa shape index (κ3) is 3.77. The lowest BCUT2D eigenvalue weighted by Crippen LogP contribution is -2.44. The maximum atomic E-state index is 12.1. The number of carbonyl (C=O) groups is 1. The molecule has 1 aliphatic heterocycles. The number of aromatic nitrogens is 1. The summed E-state index contributed by atoms with van der Waals surface area (Å²) < 4.78 is 0. The van der Waals surface area contributed by atoms with Crippen molar-refractivity contribution in [3.05, 3.63) is 30.1 Å². The zero-order valence-electron chi connectivity index (χ0n) is 11.8. The van der Waals surface area contributed by atoms with E-state index >= 15 is 0 Å². The van der Waals surface area contributed by atoms with E-state index in [9.17, 15) is 4.79 Å². The summed E-state index contributed by atoms with van der Waals surface area (Å²) in [4.78, 5) is 16.5. The van der Waals surface area contributed by atoms with Gasteiger partial charge in [0.15, 0.2) is 0 Å². The van der Waals surface area contributed by atoms with Gasteiger partial charge >= 0.3 is 0 Å². The molecule has 2 rings (SSSR count). The molecule has 0 spiro atoms. The molecule has 0 radical (unpaired) electrons. The van der Waals surface area contributed by atoms with Gasteiger partial charge in [-0.2, -0.15) is 0 Å². The average molecular weight is 261 g/mol. The van der Waals surface area contributed by atoms with E-state index in [2.05, 4.69) is 29.5 Å². The van der Waals surface area contributed by atoms with Gasteiger partial charge in [0.05, 0.1) is 5.92 Å².